The van der Waals surface area contributed by atoms with Crippen molar-refractivity contribution < 1.29 is 4.74 Å². The van der Waals surface area contributed by atoms with Gasteiger partial charge in [0.15, 0.2) is 0 Å². The highest BCUT2D eigenvalue weighted by atomic mass is 16.5. The SMILES string of the molecule is CCc1cc(C2CNCCN2)ccc1OC. The van der Waals surface area contributed by atoms with E-state index in [1.807, 2.05) is 0 Å². The van der Waals surface area contributed by atoms with E-state index in [1.165, 1.54) is 11.1 Å². The van der Waals surface area contributed by atoms with E-state index < -0.39 is 0 Å². The lowest BCUT2D eigenvalue weighted by Crippen LogP contribution is -2.42. The molecular weight excluding hydrogens is 200 g/mol. The summed E-state index contributed by atoms with van der Waals surface area (Å²) in [7, 11) is 1.73. The number of rotatable bonds is 3. The number of piperazine rings is 1. The number of methoxy groups -OCH3 is 1. The zero-order valence-corrected chi connectivity index (χ0v) is 10.0. The Hall–Kier alpha value is -1.06. The number of hydrogen-bond donors (Lipinski definition) is 2. The lowest BCUT2D eigenvalue weighted by Gasteiger charge is -2.25. The lowest BCUT2D eigenvalue weighted by atomic mass is 10.0. The van der Waals surface area contributed by atoms with Gasteiger partial charge in [-0.2, -0.15) is 0 Å². The minimum Gasteiger partial charge on any atom is -0.496 e. The Morgan fingerprint density at radius 3 is 2.88 bits per heavy atom. The molecule has 0 bridgehead atoms. The number of benzene rings is 1. The molecule has 0 aromatic heterocycles. The summed E-state index contributed by atoms with van der Waals surface area (Å²) < 4.78 is 5.34. The maximum Gasteiger partial charge on any atom is 0.122 e. The van der Waals surface area contributed by atoms with E-state index in [0.29, 0.717) is 6.04 Å². The van der Waals surface area contributed by atoms with Crippen molar-refractivity contribution in [2.45, 2.75) is 19.4 Å². The van der Waals surface area contributed by atoms with Gasteiger partial charge in [0.05, 0.1) is 7.11 Å². The molecule has 1 saturated heterocycles. The second kappa shape index (κ2) is 5.32. The maximum atomic E-state index is 5.34. The monoisotopic (exact) mass is 220 g/mol. The summed E-state index contributed by atoms with van der Waals surface area (Å²) in [6, 6.07) is 6.92. The average Bonchev–Trinajstić information content (AvgIpc) is 2.39. The van der Waals surface area contributed by atoms with E-state index in [0.717, 1.165) is 31.8 Å². The molecule has 3 heteroatoms. The van der Waals surface area contributed by atoms with E-state index >= 15 is 0 Å². The van der Waals surface area contributed by atoms with Crippen LogP contribution in [-0.4, -0.2) is 26.7 Å². The Labute approximate surface area is 97.2 Å². The molecule has 2 N–H and O–H groups in total. The maximum absolute atomic E-state index is 5.34. The molecule has 1 aromatic carbocycles. The van der Waals surface area contributed by atoms with Crippen LogP contribution in [0.4, 0.5) is 0 Å². The van der Waals surface area contributed by atoms with Crippen molar-refractivity contribution in [3.05, 3.63) is 29.3 Å². The highest BCUT2D eigenvalue weighted by Crippen LogP contribution is 2.24. The highest BCUT2D eigenvalue weighted by molar-refractivity contribution is 5.38. The van der Waals surface area contributed by atoms with Gasteiger partial charge in [0.2, 0.25) is 0 Å². The summed E-state index contributed by atoms with van der Waals surface area (Å²) in [5.41, 5.74) is 2.64. The number of nitrogens with one attached hydrogen (secondary N) is 2. The minimum absolute atomic E-state index is 0.435. The first-order valence-corrected chi connectivity index (χ1v) is 5.96. The first-order valence-electron chi connectivity index (χ1n) is 5.96. The zero-order valence-electron chi connectivity index (χ0n) is 10.0. The standard InChI is InChI=1S/C13H20N2O/c1-3-10-8-11(4-5-13(10)16-2)12-9-14-6-7-15-12/h4-5,8,12,14-15H,3,6-7,9H2,1-2H3. The molecule has 0 aliphatic carbocycles. The van der Waals surface area contributed by atoms with Gasteiger partial charge in [0.25, 0.3) is 0 Å². The topological polar surface area (TPSA) is 33.3 Å². The van der Waals surface area contributed by atoms with Crippen molar-refractivity contribution in [2.24, 2.45) is 0 Å². The fourth-order valence-electron chi connectivity index (χ4n) is 2.18. The molecule has 0 radical (unpaired) electrons. The first kappa shape index (κ1) is 11.4. The first-order chi connectivity index (χ1) is 7.85. The second-order valence-corrected chi connectivity index (χ2v) is 4.14. The Morgan fingerprint density at radius 1 is 1.38 bits per heavy atom. The van der Waals surface area contributed by atoms with Crippen LogP contribution in [0.2, 0.25) is 0 Å². The van der Waals surface area contributed by atoms with Crippen molar-refractivity contribution >= 4 is 0 Å². The van der Waals surface area contributed by atoms with Crippen LogP contribution in [0, 0.1) is 0 Å². The van der Waals surface area contributed by atoms with Gasteiger partial charge in [-0.1, -0.05) is 19.1 Å². The number of ether oxygens (including phenoxy) is 1. The molecule has 1 heterocycles. The van der Waals surface area contributed by atoms with Crippen LogP contribution in [0.15, 0.2) is 18.2 Å². The van der Waals surface area contributed by atoms with Crippen LogP contribution in [0.3, 0.4) is 0 Å². The Kier molecular flexibility index (Phi) is 3.80. The van der Waals surface area contributed by atoms with Crippen LogP contribution >= 0.6 is 0 Å². The molecule has 2 rings (SSSR count). The van der Waals surface area contributed by atoms with E-state index in [4.69, 9.17) is 4.74 Å². The van der Waals surface area contributed by atoms with Crippen molar-refractivity contribution in [1.29, 1.82) is 0 Å². The van der Waals surface area contributed by atoms with Gasteiger partial charge in [-0.05, 0) is 23.6 Å². The third kappa shape index (κ3) is 2.36. The van der Waals surface area contributed by atoms with E-state index in [9.17, 15) is 0 Å². The third-order valence-corrected chi connectivity index (χ3v) is 3.13. The fourth-order valence-corrected chi connectivity index (χ4v) is 2.18. The third-order valence-electron chi connectivity index (χ3n) is 3.13. The van der Waals surface area contributed by atoms with Gasteiger partial charge < -0.3 is 15.4 Å². The summed E-state index contributed by atoms with van der Waals surface area (Å²) in [6.07, 6.45) is 1.01. The Morgan fingerprint density at radius 2 is 2.25 bits per heavy atom. The smallest absolute Gasteiger partial charge is 0.122 e. The Balaban J connectivity index is 2.20. The summed E-state index contributed by atoms with van der Waals surface area (Å²) in [6.45, 7) is 5.27. The average molecular weight is 220 g/mol. The van der Waals surface area contributed by atoms with Crippen LogP contribution in [0.5, 0.6) is 5.75 Å². The van der Waals surface area contributed by atoms with Crippen LogP contribution in [0.25, 0.3) is 0 Å². The largest absolute Gasteiger partial charge is 0.496 e. The van der Waals surface area contributed by atoms with Gasteiger partial charge in [0.1, 0.15) is 5.75 Å². The predicted molar refractivity (Wildman–Crippen MR) is 66.0 cm³/mol. The minimum atomic E-state index is 0.435. The molecule has 1 aliphatic heterocycles. The molecule has 0 spiro atoms. The predicted octanol–water partition coefficient (Wildman–Crippen LogP) is 1.49. The molecule has 3 nitrogen and oxygen atoms in total. The molecule has 1 fully saturated rings. The Bertz CT molecular complexity index is 346. The number of hydrogen-bond acceptors (Lipinski definition) is 3. The van der Waals surface area contributed by atoms with Crippen LogP contribution < -0.4 is 15.4 Å². The molecule has 1 atom stereocenters. The zero-order chi connectivity index (χ0) is 11.4. The van der Waals surface area contributed by atoms with Gasteiger partial charge in [-0.3, -0.25) is 0 Å². The molecule has 16 heavy (non-hydrogen) atoms. The molecule has 1 unspecified atom stereocenters. The number of aryl methyl sites for hydroxylation is 1. The second-order valence-electron chi connectivity index (χ2n) is 4.14. The normalized spacial score (nSPS) is 20.8. The van der Waals surface area contributed by atoms with Crippen LogP contribution in [-0.2, 0) is 6.42 Å². The summed E-state index contributed by atoms with van der Waals surface area (Å²) >= 11 is 0. The molecule has 0 saturated carbocycles. The van der Waals surface area contributed by atoms with Crippen molar-refractivity contribution in [3.8, 4) is 5.75 Å². The van der Waals surface area contributed by atoms with Gasteiger partial charge >= 0.3 is 0 Å². The summed E-state index contributed by atoms with van der Waals surface area (Å²) in [4.78, 5) is 0. The molecule has 1 aromatic rings. The molecule has 88 valence electrons. The van der Waals surface area contributed by atoms with E-state index in [-0.39, 0.29) is 0 Å². The highest BCUT2D eigenvalue weighted by Gasteiger charge is 2.15. The summed E-state index contributed by atoms with van der Waals surface area (Å²) in [5.74, 6) is 0.995. The van der Waals surface area contributed by atoms with Crippen molar-refractivity contribution in [1.82, 2.24) is 10.6 Å². The van der Waals surface area contributed by atoms with Crippen molar-refractivity contribution in [3.63, 3.8) is 0 Å². The fraction of sp³-hybridized carbons (Fsp3) is 0.538. The van der Waals surface area contributed by atoms with Crippen LogP contribution in [0.1, 0.15) is 24.1 Å². The van der Waals surface area contributed by atoms with E-state index in [2.05, 4.69) is 35.8 Å². The molecule has 0 amide bonds. The van der Waals surface area contributed by atoms with Gasteiger partial charge in [-0.15, -0.1) is 0 Å². The quantitative estimate of drug-likeness (QED) is 0.809. The summed E-state index contributed by atoms with van der Waals surface area (Å²) in [5, 5.41) is 6.93. The molecule has 1 aliphatic rings. The van der Waals surface area contributed by atoms with Gasteiger partial charge in [0, 0.05) is 25.7 Å². The van der Waals surface area contributed by atoms with E-state index in [1.54, 1.807) is 7.11 Å². The van der Waals surface area contributed by atoms with Crippen molar-refractivity contribution in [2.75, 3.05) is 26.7 Å². The lowest BCUT2D eigenvalue weighted by molar-refractivity contribution is 0.407. The molecular formula is C13H20N2O. The van der Waals surface area contributed by atoms with Gasteiger partial charge in [-0.25, -0.2) is 0 Å².